The number of unbranched alkanes of at least 4 members (excludes halogenated alkanes) is 2. The number of carbonyl (C=O) groups is 3. The van der Waals surface area contributed by atoms with E-state index in [0.29, 0.717) is 103 Å². The molecule has 77 heavy (non-hydrogen) atoms. The van der Waals surface area contributed by atoms with Crippen LogP contribution in [0, 0.1) is 16.2 Å². The summed E-state index contributed by atoms with van der Waals surface area (Å²) < 4.78 is 127. The third kappa shape index (κ3) is 14.0. The van der Waals surface area contributed by atoms with Gasteiger partial charge in [-0.2, -0.15) is 13.2 Å². The summed E-state index contributed by atoms with van der Waals surface area (Å²) in [6.45, 7) is 12.8. The molecule has 3 amide bonds. The van der Waals surface area contributed by atoms with Crippen LogP contribution in [0.3, 0.4) is 0 Å². The van der Waals surface area contributed by atoms with E-state index in [0.717, 1.165) is 74.5 Å². The number of hydrogen-bond acceptors (Lipinski definition) is 12. The molecule has 4 aliphatic carbocycles. The van der Waals surface area contributed by atoms with Gasteiger partial charge in [-0.25, -0.2) is 30.3 Å². The summed E-state index contributed by atoms with van der Waals surface area (Å²) in [5.41, 5.74) is -3.38. The maximum atomic E-state index is 14.4. The Kier molecular flexibility index (Phi) is 18.1. The van der Waals surface area contributed by atoms with Crippen molar-refractivity contribution in [3.05, 3.63) is 89.5 Å². The molecule has 2 aliphatic heterocycles. The second kappa shape index (κ2) is 23.9. The molecule has 3 aromatic rings. The van der Waals surface area contributed by atoms with Crippen molar-refractivity contribution in [3.8, 4) is 0 Å². The molecule has 1 atom stereocenters. The first kappa shape index (κ1) is 58.4. The minimum Gasteiger partial charge on any atom is -0.380 e. The van der Waals surface area contributed by atoms with E-state index in [2.05, 4.69) is 39.2 Å². The number of hydrogen-bond donors (Lipinski definition) is 3. The lowest BCUT2D eigenvalue weighted by Gasteiger charge is -2.72. The van der Waals surface area contributed by atoms with Crippen molar-refractivity contribution in [1.29, 1.82) is 0 Å². The molecule has 5 fully saturated rings. The molecule has 3 aromatic carbocycles. The highest BCUT2D eigenvalue weighted by molar-refractivity contribution is 7.99. The smallest absolute Gasteiger partial charge is 0.380 e. The molecular formula is C55H72F5N7O7S3. The fourth-order valence-corrected chi connectivity index (χ4v) is 14.8. The zero-order valence-corrected chi connectivity index (χ0v) is 46.6. The van der Waals surface area contributed by atoms with Gasteiger partial charge >= 0.3 is 5.51 Å². The standard InChI is InChI=1S/C55H72F5N7O7S3/c1-39(68)61-22-9-5-8-12-49(69)67-30-24-64(25-31-67)23-20-42(35-75-44-10-6-4-7-11-44)62-47-18-17-45(32-48(47)76(71,72)55(58,59)60)77(73,74)63-50(70)40-13-15-43(16-14-40)66-28-26-65(27-29-66)34-41-19-21-52(2,3)33-46(41)53-36-54(37-53,38-53)51(56)57/h4,6-7,10-11,13-18,32,42,51,62H,5,8-9,12,19-31,33-38H2,1-3H3,(H,61,68)(H,63,70)/t42-,53?,54?/m1/s1. The molecule has 0 radical (unpaired) electrons. The summed E-state index contributed by atoms with van der Waals surface area (Å²) in [6, 6.07) is 17.3. The van der Waals surface area contributed by atoms with Crippen LogP contribution in [0.15, 0.2) is 98.6 Å². The van der Waals surface area contributed by atoms with Gasteiger partial charge in [0.25, 0.3) is 25.8 Å². The SMILES string of the molecule is CC(=O)NCCCCCC(=O)N1CCN(CC[C@H](CSc2ccccc2)Nc2ccc(S(=O)(=O)NC(=O)c3ccc(N4CCN(CC5=C(C67CC(C(F)F)(C6)C7)CC(C)(C)CC5)CC4)cc3)cc2S(=O)(=O)C(F)(F)F)CC1. The monoisotopic (exact) mass is 1130 g/mol. The molecule has 3 N–H and O–H groups in total. The Morgan fingerprint density at radius 1 is 0.805 bits per heavy atom. The number of halogens is 5. The van der Waals surface area contributed by atoms with Gasteiger partial charge in [-0.3, -0.25) is 24.2 Å². The second-order valence-corrected chi connectivity index (χ2v) is 27.2. The number of sulfone groups is 1. The number of benzene rings is 3. The molecule has 0 unspecified atom stereocenters. The van der Waals surface area contributed by atoms with Crippen LogP contribution in [0.4, 0.5) is 33.3 Å². The van der Waals surface area contributed by atoms with Gasteiger partial charge in [-0.05, 0) is 123 Å². The van der Waals surface area contributed by atoms with Gasteiger partial charge in [-0.1, -0.05) is 49.6 Å². The molecule has 2 bridgehead atoms. The van der Waals surface area contributed by atoms with Crippen LogP contribution in [0.25, 0.3) is 0 Å². The number of alkyl halides is 5. The Balaban J connectivity index is 0.885. The Morgan fingerprint density at radius 2 is 1.47 bits per heavy atom. The normalized spacial score (nSPS) is 22.5. The number of sulfonamides is 1. The maximum Gasteiger partial charge on any atom is 0.501 e. The van der Waals surface area contributed by atoms with Gasteiger partial charge in [0.2, 0.25) is 18.2 Å². The van der Waals surface area contributed by atoms with Crippen LogP contribution in [-0.2, 0) is 29.4 Å². The van der Waals surface area contributed by atoms with Crippen LogP contribution in [-0.4, -0.2) is 145 Å². The van der Waals surface area contributed by atoms with E-state index in [1.807, 2.05) is 35.1 Å². The lowest BCUT2D eigenvalue weighted by atomic mass is 9.32. The topological polar surface area (TPSA) is 169 Å². The summed E-state index contributed by atoms with van der Waals surface area (Å²) in [5, 5.41) is 5.74. The first-order chi connectivity index (χ1) is 36.4. The highest BCUT2D eigenvalue weighted by Gasteiger charge is 2.73. The Bertz CT molecular complexity index is 2840. The van der Waals surface area contributed by atoms with E-state index in [1.54, 1.807) is 17.0 Å². The molecule has 9 rings (SSSR count). The van der Waals surface area contributed by atoms with Crippen molar-refractivity contribution in [2.45, 2.75) is 124 Å². The van der Waals surface area contributed by atoms with Crippen LogP contribution >= 0.6 is 11.8 Å². The lowest BCUT2D eigenvalue weighted by Crippen LogP contribution is -2.66. The Hall–Kier alpha value is -4.77. The molecular weight excluding hydrogens is 1060 g/mol. The first-order valence-corrected chi connectivity index (χ1v) is 30.6. The van der Waals surface area contributed by atoms with Crippen LogP contribution < -0.4 is 20.3 Å². The highest BCUT2D eigenvalue weighted by Crippen LogP contribution is 2.79. The number of rotatable bonds is 23. The molecule has 22 heteroatoms. The Morgan fingerprint density at radius 3 is 2.10 bits per heavy atom. The fraction of sp³-hybridized carbons (Fsp3) is 0.582. The molecule has 0 aromatic heterocycles. The highest BCUT2D eigenvalue weighted by atomic mass is 32.2. The molecule has 0 spiro atoms. The number of nitrogens with zero attached hydrogens (tertiary/aromatic N) is 4. The van der Waals surface area contributed by atoms with Crippen LogP contribution in [0.1, 0.15) is 102 Å². The molecule has 6 aliphatic rings. The zero-order chi connectivity index (χ0) is 55.4. The number of carbonyl (C=O) groups excluding carboxylic acids is 3. The van der Waals surface area contributed by atoms with Gasteiger partial charge in [0.05, 0.1) is 10.6 Å². The van der Waals surface area contributed by atoms with Gasteiger partial charge in [-0.15, -0.1) is 11.8 Å². The van der Waals surface area contributed by atoms with Gasteiger partial charge in [0, 0.05) is 119 Å². The summed E-state index contributed by atoms with van der Waals surface area (Å²) in [7, 11) is -11.0. The van der Waals surface area contributed by atoms with E-state index in [1.165, 1.54) is 42.0 Å². The average molecular weight is 1130 g/mol. The molecule has 3 saturated carbocycles. The molecule has 14 nitrogen and oxygen atoms in total. The predicted octanol–water partition coefficient (Wildman–Crippen LogP) is 8.97. The summed E-state index contributed by atoms with van der Waals surface area (Å²) in [5.74, 6) is -0.816. The number of nitrogens with one attached hydrogen (secondary N) is 3. The lowest BCUT2D eigenvalue weighted by molar-refractivity contribution is -0.250. The van der Waals surface area contributed by atoms with E-state index < -0.39 is 64.6 Å². The van der Waals surface area contributed by atoms with Crippen molar-refractivity contribution in [1.82, 2.24) is 24.7 Å². The summed E-state index contributed by atoms with van der Waals surface area (Å²) in [4.78, 5) is 44.7. The maximum absolute atomic E-state index is 14.4. The molecule has 2 saturated heterocycles. The third-order valence-electron chi connectivity index (χ3n) is 16.2. The number of allylic oxidation sites excluding steroid dienone is 1. The van der Waals surface area contributed by atoms with Crippen molar-refractivity contribution in [3.63, 3.8) is 0 Å². The van der Waals surface area contributed by atoms with E-state index in [4.69, 9.17) is 0 Å². The van der Waals surface area contributed by atoms with Gasteiger partial charge in [0.1, 0.15) is 4.90 Å². The Labute approximate surface area is 454 Å². The number of anilines is 2. The van der Waals surface area contributed by atoms with E-state index in [9.17, 15) is 53.2 Å². The summed E-state index contributed by atoms with van der Waals surface area (Å²) >= 11 is 1.41. The van der Waals surface area contributed by atoms with Crippen LogP contribution in [0.2, 0.25) is 0 Å². The molecule has 2 heterocycles. The van der Waals surface area contributed by atoms with Crippen molar-refractivity contribution < 1.29 is 53.2 Å². The second-order valence-electron chi connectivity index (χ2n) is 22.5. The first-order valence-electron chi connectivity index (χ1n) is 26.7. The fourth-order valence-electron chi connectivity index (χ4n) is 11.8. The largest absolute Gasteiger partial charge is 0.501 e. The average Bonchev–Trinajstić information content (AvgIpc) is 3.54. The number of thioether (sulfide) groups is 1. The van der Waals surface area contributed by atoms with Crippen LogP contribution in [0.5, 0.6) is 0 Å². The summed E-state index contributed by atoms with van der Waals surface area (Å²) in [6.07, 6.45) is 5.52. The zero-order valence-electron chi connectivity index (χ0n) is 44.1. The predicted molar refractivity (Wildman–Crippen MR) is 288 cm³/mol. The van der Waals surface area contributed by atoms with Crippen molar-refractivity contribution in [2.24, 2.45) is 16.2 Å². The van der Waals surface area contributed by atoms with Gasteiger partial charge < -0.3 is 20.4 Å². The van der Waals surface area contributed by atoms with Crippen molar-refractivity contribution >= 4 is 60.7 Å². The quantitative estimate of drug-likeness (QED) is 0.0358. The molecule has 422 valence electrons. The van der Waals surface area contributed by atoms with Gasteiger partial charge in [0.15, 0.2) is 0 Å². The number of amides is 3. The van der Waals surface area contributed by atoms with E-state index in [-0.39, 0.29) is 28.2 Å². The third-order valence-corrected chi connectivity index (χ3v) is 20.3. The van der Waals surface area contributed by atoms with E-state index >= 15 is 0 Å². The number of piperazine rings is 2. The minimum absolute atomic E-state index is 0.0434. The minimum atomic E-state index is -6.13. The van der Waals surface area contributed by atoms with Crippen molar-refractivity contribution in [2.75, 3.05) is 88.0 Å².